The summed E-state index contributed by atoms with van der Waals surface area (Å²) >= 11 is 0. The van der Waals surface area contributed by atoms with Gasteiger partial charge in [-0.3, -0.25) is 15.3 Å². The van der Waals surface area contributed by atoms with Crippen LogP contribution in [0.2, 0.25) is 0 Å². The van der Waals surface area contributed by atoms with E-state index in [2.05, 4.69) is 15.0 Å². The molecule has 0 unspecified atom stereocenters. The van der Waals surface area contributed by atoms with Gasteiger partial charge in [-0.15, -0.1) is 0 Å². The summed E-state index contributed by atoms with van der Waals surface area (Å²) in [6.45, 7) is 5.71. The largest absolute Gasteiger partial charge is 0.288 e. The first kappa shape index (κ1) is 12.4. The lowest BCUT2D eigenvalue weighted by Crippen LogP contribution is -2.34. The number of rotatable bonds is 2. The van der Waals surface area contributed by atoms with Crippen LogP contribution in [0.3, 0.4) is 0 Å². The molecular formula is C13H16N4O. The fourth-order valence-electron chi connectivity index (χ4n) is 1.32. The summed E-state index contributed by atoms with van der Waals surface area (Å²) in [6.07, 6.45) is 6.60. The van der Waals surface area contributed by atoms with E-state index in [0.717, 1.165) is 10.6 Å². The van der Waals surface area contributed by atoms with Crippen molar-refractivity contribution in [3.63, 3.8) is 0 Å². The molecule has 0 saturated heterocycles. The van der Waals surface area contributed by atoms with E-state index in [1.54, 1.807) is 24.8 Å². The molecule has 5 heteroatoms. The number of hydroxylamine groups is 2. The summed E-state index contributed by atoms with van der Waals surface area (Å²) in [5.41, 5.74) is 1.11. The Bertz CT molecular complexity index is 512. The molecule has 0 saturated carbocycles. The van der Waals surface area contributed by atoms with Crippen molar-refractivity contribution in [1.29, 1.82) is 0 Å². The van der Waals surface area contributed by atoms with Gasteiger partial charge in [-0.2, -0.15) is 0 Å². The van der Waals surface area contributed by atoms with Crippen LogP contribution in [0, 0.1) is 0 Å². The number of hydrogen-bond acceptors (Lipinski definition) is 5. The normalized spacial score (nSPS) is 17.1. The maximum Gasteiger partial charge on any atom is 0.161 e. The first-order valence-electron chi connectivity index (χ1n) is 5.70. The molecule has 5 nitrogen and oxygen atoms in total. The molecule has 0 bridgehead atoms. The van der Waals surface area contributed by atoms with E-state index in [1.807, 2.05) is 32.9 Å². The predicted octanol–water partition coefficient (Wildman–Crippen LogP) is 2.24. The second kappa shape index (κ2) is 4.70. The fraction of sp³-hybridized carbons (Fsp3) is 0.308. The molecule has 0 amide bonds. The molecule has 0 radical (unpaired) electrons. The number of aromatic nitrogens is 1. The minimum Gasteiger partial charge on any atom is -0.288 e. The van der Waals surface area contributed by atoms with E-state index < -0.39 is 0 Å². The summed E-state index contributed by atoms with van der Waals surface area (Å²) in [6, 6.07) is 3.73. The van der Waals surface area contributed by atoms with Crippen LogP contribution in [-0.2, 0) is 0 Å². The minimum atomic E-state index is -0.368. The van der Waals surface area contributed by atoms with Crippen molar-refractivity contribution in [3.05, 3.63) is 42.0 Å². The Kier molecular flexibility index (Phi) is 3.25. The second-order valence-electron chi connectivity index (χ2n) is 5.00. The lowest BCUT2D eigenvalue weighted by atomic mass is 10.1. The van der Waals surface area contributed by atoms with Crippen molar-refractivity contribution >= 4 is 12.1 Å². The highest BCUT2D eigenvalue weighted by molar-refractivity contribution is 6.10. The lowest BCUT2D eigenvalue weighted by molar-refractivity contribution is -0.110. The van der Waals surface area contributed by atoms with Crippen LogP contribution in [0.5, 0.6) is 0 Å². The topological polar surface area (TPSA) is 61.1 Å². The van der Waals surface area contributed by atoms with Crippen molar-refractivity contribution in [3.8, 4) is 0 Å². The Morgan fingerprint density at radius 2 is 2.11 bits per heavy atom. The molecule has 2 rings (SSSR count). The molecule has 0 spiro atoms. The summed E-state index contributed by atoms with van der Waals surface area (Å²) < 4.78 is 0. The van der Waals surface area contributed by atoms with Crippen LogP contribution in [0.4, 0.5) is 0 Å². The van der Waals surface area contributed by atoms with E-state index in [-0.39, 0.29) is 5.54 Å². The monoisotopic (exact) mass is 244 g/mol. The number of hydrogen-bond donors (Lipinski definition) is 1. The van der Waals surface area contributed by atoms with Crippen LogP contribution in [-0.4, -0.2) is 32.8 Å². The third kappa shape index (κ3) is 2.81. The van der Waals surface area contributed by atoms with Crippen LogP contribution in [0.15, 0.2) is 46.4 Å². The molecule has 0 aromatic carbocycles. The van der Waals surface area contributed by atoms with Gasteiger partial charge in [0.25, 0.3) is 0 Å². The van der Waals surface area contributed by atoms with Crippen molar-refractivity contribution in [2.24, 2.45) is 9.98 Å². The van der Waals surface area contributed by atoms with Crippen molar-refractivity contribution in [1.82, 2.24) is 10.0 Å². The molecular weight excluding hydrogens is 228 g/mol. The standard InChI is InChI=1S/C13H16N4O/c1-13(2,3)17(18)9-11-8-15-12(16-11)10-5-4-6-14-7-10/h4-9,18H,1-3H3. The highest BCUT2D eigenvalue weighted by atomic mass is 16.5. The van der Waals surface area contributed by atoms with Crippen LogP contribution in [0.25, 0.3) is 0 Å². The van der Waals surface area contributed by atoms with Gasteiger partial charge in [0.2, 0.25) is 0 Å². The summed E-state index contributed by atoms with van der Waals surface area (Å²) in [7, 11) is 0. The van der Waals surface area contributed by atoms with Gasteiger partial charge in [-0.25, -0.2) is 9.98 Å². The van der Waals surface area contributed by atoms with E-state index in [4.69, 9.17) is 0 Å². The van der Waals surface area contributed by atoms with Gasteiger partial charge >= 0.3 is 0 Å². The zero-order valence-electron chi connectivity index (χ0n) is 10.7. The summed E-state index contributed by atoms with van der Waals surface area (Å²) in [4.78, 5) is 12.5. The first-order chi connectivity index (χ1) is 8.47. The number of pyridine rings is 1. The van der Waals surface area contributed by atoms with E-state index in [9.17, 15) is 5.21 Å². The first-order valence-corrected chi connectivity index (χ1v) is 5.70. The molecule has 1 aromatic heterocycles. The molecule has 1 N–H and O–H groups in total. The number of nitrogens with zero attached hydrogens (tertiary/aromatic N) is 4. The Labute approximate surface area is 106 Å². The quantitative estimate of drug-likeness (QED) is 0.811. The average Bonchev–Trinajstić information content (AvgIpc) is 2.77. The van der Waals surface area contributed by atoms with Crippen LogP contribution >= 0.6 is 0 Å². The molecule has 0 fully saturated rings. The van der Waals surface area contributed by atoms with Gasteiger partial charge < -0.3 is 0 Å². The maximum atomic E-state index is 9.82. The summed E-state index contributed by atoms with van der Waals surface area (Å²) in [5.74, 6) is 0.608. The van der Waals surface area contributed by atoms with Crippen molar-refractivity contribution in [2.75, 3.05) is 0 Å². The van der Waals surface area contributed by atoms with E-state index >= 15 is 0 Å². The molecule has 1 aliphatic heterocycles. The molecule has 0 aliphatic carbocycles. The zero-order chi connectivity index (χ0) is 13.2. The average molecular weight is 244 g/mol. The van der Waals surface area contributed by atoms with Crippen molar-refractivity contribution in [2.45, 2.75) is 26.3 Å². The van der Waals surface area contributed by atoms with E-state index in [1.165, 1.54) is 0 Å². The Morgan fingerprint density at radius 1 is 1.33 bits per heavy atom. The van der Waals surface area contributed by atoms with Crippen molar-refractivity contribution < 1.29 is 5.21 Å². The molecule has 18 heavy (non-hydrogen) atoms. The second-order valence-corrected chi connectivity index (χ2v) is 5.00. The highest BCUT2D eigenvalue weighted by Gasteiger charge is 2.17. The molecule has 94 valence electrons. The highest BCUT2D eigenvalue weighted by Crippen LogP contribution is 2.15. The fourth-order valence-corrected chi connectivity index (χ4v) is 1.32. The van der Waals surface area contributed by atoms with Gasteiger partial charge in [0.05, 0.1) is 18.0 Å². The Balaban J connectivity index is 2.20. The minimum absolute atomic E-state index is 0.368. The number of aliphatic imine (C=N–C) groups is 2. The Hall–Kier alpha value is -2.01. The smallest absolute Gasteiger partial charge is 0.161 e. The van der Waals surface area contributed by atoms with Gasteiger partial charge in [0.15, 0.2) is 5.84 Å². The van der Waals surface area contributed by atoms with Gasteiger partial charge in [0, 0.05) is 18.0 Å². The molecule has 0 atom stereocenters. The zero-order valence-corrected chi connectivity index (χ0v) is 10.7. The van der Waals surface area contributed by atoms with Gasteiger partial charge in [-0.05, 0) is 32.9 Å². The lowest BCUT2D eigenvalue weighted by Gasteiger charge is -2.27. The third-order valence-corrected chi connectivity index (χ3v) is 2.42. The molecule has 1 aliphatic rings. The van der Waals surface area contributed by atoms with Crippen LogP contribution in [0.1, 0.15) is 26.3 Å². The van der Waals surface area contributed by atoms with Gasteiger partial charge in [0.1, 0.15) is 5.70 Å². The number of allylic oxidation sites excluding steroid dienone is 1. The SMILES string of the molecule is CC(C)(C)N(O)C=C1C=NC(c2cccnc2)=N1. The molecule has 2 heterocycles. The number of amidine groups is 1. The summed E-state index contributed by atoms with van der Waals surface area (Å²) in [5, 5.41) is 10.9. The predicted molar refractivity (Wildman–Crippen MR) is 70.7 cm³/mol. The van der Waals surface area contributed by atoms with Crippen LogP contribution < -0.4 is 0 Å². The van der Waals surface area contributed by atoms with Gasteiger partial charge in [-0.1, -0.05) is 0 Å². The molecule has 1 aromatic rings. The Morgan fingerprint density at radius 3 is 2.72 bits per heavy atom. The van der Waals surface area contributed by atoms with E-state index in [0.29, 0.717) is 11.5 Å². The third-order valence-electron chi connectivity index (χ3n) is 2.42. The maximum absolute atomic E-state index is 9.82.